The van der Waals surface area contributed by atoms with E-state index in [-0.39, 0.29) is 10.9 Å². The lowest BCUT2D eigenvalue weighted by Crippen LogP contribution is -2.60. The Bertz CT molecular complexity index is 1300. The zero-order chi connectivity index (χ0) is 23.7. The first-order valence-electron chi connectivity index (χ1n) is 11.7. The quantitative estimate of drug-likeness (QED) is 0.548. The molecule has 180 valence electrons. The number of nitrogens with zero attached hydrogens (tertiary/aromatic N) is 6. The summed E-state index contributed by atoms with van der Waals surface area (Å²) in [6, 6.07) is 1.99. The fourth-order valence-corrected chi connectivity index (χ4v) is 5.43. The fraction of sp³-hybridized carbons (Fsp3) is 0.565. The smallest absolute Gasteiger partial charge is 0.263 e. The molecular weight excluding hydrogens is 442 g/mol. The number of alkyl halides is 2. The molecule has 34 heavy (non-hydrogen) atoms. The van der Waals surface area contributed by atoms with E-state index in [1.807, 2.05) is 17.8 Å². The number of anilines is 3. The molecule has 0 atom stereocenters. The lowest BCUT2D eigenvalue weighted by atomic mass is 9.61. The van der Waals surface area contributed by atoms with Gasteiger partial charge in [-0.05, 0) is 51.1 Å². The van der Waals surface area contributed by atoms with Crippen LogP contribution in [-0.2, 0) is 6.54 Å². The number of likely N-dealkylation sites (tertiary alicyclic amines) is 1. The van der Waals surface area contributed by atoms with Crippen LogP contribution in [0.2, 0.25) is 0 Å². The lowest BCUT2D eigenvalue weighted by molar-refractivity contribution is -0.0786. The topological polar surface area (TPSA) is 92.9 Å². The van der Waals surface area contributed by atoms with Crippen molar-refractivity contribution in [2.75, 3.05) is 30.8 Å². The number of aromatic nitrogens is 5. The molecule has 2 N–H and O–H groups in total. The summed E-state index contributed by atoms with van der Waals surface area (Å²) in [6.45, 7) is 3.70. The summed E-state index contributed by atoms with van der Waals surface area (Å²) in [5.74, 6) is 0.694. The van der Waals surface area contributed by atoms with Crippen molar-refractivity contribution in [1.29, 1.82) is 0 Å². The summed E-state index contributed by atoms with van der Waals surface area (Å²) in [4.78, 5) is 24.4. The monoisotopic (exact) mass is 470 g/mol. The summed E-state index contributed by atoms with van der Waals surface area (Å²) >= 11 is 0. The average Bonchev–Trinajstić information content (AvgIpc) is 3.26. The van der Waals surface area contributed by atoms with E-state index in [0.29, 0.717) is 28.7 Å². The Morgan fingerprint density at radius 3 is 2.68 bits per heavy atom. The first-order valence-corrected chi connectivity index (χ1v) is 11.7. The average molecular weight is 471 g/mol. The van der Waals surface area contributed by atoms with Crippen LogP contribution in [0.4, 0.5) is 26.2 Å². The predicted octanol–water partition coefficient (Wildman–Crippen LogP) is 3.23. The number of fused-ring (bicyclic) bond motifs is 1. The molecule has 4 heterocycles. The van der Waals surface area contributed by atoms with E-state index in [4.69, 9.17) is 0 Å². The van der Waals surface area contributed by atoms with Crippen LogP contribution in [0, 0.1) is 5.41 Å². The van der Waals surface area contributed by atoms with Gasteiger partial charge in [0.25, 0.3) is 12.0 Å². The molecule has 2 aliphatic carbocycles. The maximum atomic E-state index is 13.0. The van der Waals surface area contributed by atoms with Gasteiger partial charge in [-0.25, -0.2) is 13.8 Å². The highest BCUT2D eigenvalue weighted by Gasteiger charge is 2.51. The molecule has 0 radical (unpaired) electrons. The molecule has 0 bridgehead atoms. The number of halogens is 2. The fourth-order valence-electron chi connectivity index (χ4n) is 5.43. The summed E-state index contributed by atoms with van der Waals surface area (Å²) in [5.41, 5.74) is 0.957. The summed E-state index contributed by atoms with van der Waals surface area (Å²) in [6.07, 6.45) is 6.63. The minimum Gasteiger partial charge on any atom is -0.364 e. The van der Waals surface area contributed by atoms with Crippen molar-refractivity contribution in [3.05, 3.63) is 35.0 Å². The molecule has 3 aromatic heterocycles. The van der Waals surface area contributed by atoms with Gasteiger partial charge in [-0.3, -0.25) is 9.48 Å². The van der Waals surface area contributed by atoms with Gasteiger partial charge in [-0.2, -0.15) is 10.1 Å². The lowest BCUT2D eigenvalue weighted by Gasteiger charge is -2.58. The van der Waals surface area contributed by atoms with Crippen molar-refractivity contribution >= 4 is 28.4 Å². The molecule has 0 aromatic carbocycles. The van der Waals surface area contributed by atoms with Crippen LogP contribution in [0.15, 0.2) is 29.5 Å². The molecule has 3 fully saturated rings. The normalized spacial score (nSPS) is 21.0. The molecule has 11 heteroatoms. The minimum atomic E-state index is -2.62. The zero-order valence-electron chi connectivity index (χ0n) is 19.3. The second-order valence-corrected chi connectivity index (χ2v) is 10.6. The zero-order valence-corrected chi connectivity index (χ0v) is 19.3. The van der Waals surface area contributed by atoms with E-state index in [2.05, 4.69) is 37.6 Å². The minimum absolute atomic E-state index is 0.158. The van der Waals surface area contributed by atoms with Crippen LogP contribution < -0.4 is 16.2 Å². The molecule has 1 saturated heterocycles. The van der Waals surface area contributed by atoms with Gasteiger partial charge in [0.15, 0.2) is 0 Å². The van der Waals surface area contributed by atoms with Crippen molar-refractivity contribution in [2.24, 2.45) is 5.41 Å². The second kappa shape index (κ2) is 7.46. The van der Waals surface area contributed by atoms with Gasteiger partial charge < -0.3 is 20.1 Å². The first kappa shape index (κ1) is 21.5. The third-order valence-electron chi connectivity index (χ3n) is 7.36. The molecule has 0 unspecified atom stereocenters. The van der Waals surface area contributed by atoms with Crippen LogP contribution in [0.5, 0.6) is 0 Å². The van der Waals surface area contributed by atoms with Crippen LogP contribution in [0.1, 0.15) is 38.6 Å². The first-order chi connectivity index (χ1) is 16.2. The van der Waals surface area contributed by atoms with Crippen molar-refractivity contribution in [3.63, 3.8) is 0 Å². The largest absolute Gasteiger partial charge is 0.364 e. The Hall–Kier alpha value is -3.08. The van der Waals surface area contributed by atoms with Gasteiger partial charge in [0.1, 0.15) is 11.2 Å². The Labute approximate surface area is 195 Å². The Morgan fingerprint density at radius 1 is 1.24 bits per heavy atom. The maximum Gasteiger partial charge on any atom is 0.263 e. The summed E-state index contributed by atoms with van der Waals surface area (Å²) < 4.78 is 28.9. The third kappa shape index (κ3) is 3.81. The van der Waals surface area contributed by atoms with Crippen molar-refractivity contribution < 1.29 is 8.78 Å². The van der Waals surface area contributed by atoms with Gasteiger partial charge in [-0.1, -0.05) is 0 Å². The summed E-state index contributed by atoms with van der Waals surface area (Å²) in [5, 5.41) is 11.3. The van der Waals surface area contributed by atoms with E-state index in [9.17, 15) is 13.6 Å². The molecular formula is C23H28F2N8O. The molecule has 0 amide bonds. The van der Waals surface area contributed by atoms with Crippen molar-refractivity contribution in [1.82, 2.24) is 29.2 Å². The van der Waals surface area contributed by atoms with Crippen LogP contribution in [0.25, 0.3) is 10.9 Å². The predicted molar refractivity (Wildman–Crippen MR) is 125 cm³/mol. The summed E-state index contributed by atoms with van der Waals surface area (Å²) in [7, 11) is 2.15. The van der Waals surface area contributed by atoms with Gasteiger partial charge in [0.2, 0.25) is 5.95 Å². The third-order valence-corrected chi connectivity index (χ3v) is 7.36. The van der Waals surface area contributed by atoms with Crippen LogP contribution in [-0.4, -0.2) is 61.3 Å². The molecule has 2 saturated carbocycles. The molecule has 3 aliphatic rings. The molecule has 9 nitrogen and oxygen atoms in total. The van der Waals surface area contributed by atoms with Crippen molar-refractivity contribution in [3.8, 4) is 0 Å². The maximum absolute atomic E-state index is 13.0. The number of nitrogens with one attached hydrogen (secondary N) is 2. The van der Waals surface area contributed by atoms with Gasteiger partial charge in [-0.15, -0.1) is 0 Å². The highest BCUT2D eigenvalue weighted by atomic mass is 19.3. The van der Waals surface area contributed by atoms with E-state index < -0.39 is 18.5 Å². The van der Waals surface area contributed by atoms with E-state index in [1.54, 1.807) is 12.3 Å². The standard InChI is InChI=1S/C23H28F2N8O/c1-22(4-5-22)30-19-18-16(3-6-32(20(18)34)11-17(24)25)28-21(29-19)27-14-9-26-33(10-14)15-7-23(8-15)12-31(2)13-23/h3,6,9-10,15,17H,4-5,7-8,11-13H2,1-2H3,(H2,27,28,29,30). The SMILES string of the molecule is CN1CC2(CC(n3cc(Nc4nc(NC5(C)CC5)c5c(=O)n(CC(F)F)ccc5n4)cn3)C2)C1. The number of hydrogen-bond donors (Lipinski definition) is 2. The number of rotatable bonds is 7. The van der Waals surface area contributed by atoms with Gasteiger partial charge in [0, 0.05) is 31.0 Å². The number of pyridine rings is 1. The van der Waals surface area contributed by atoms with E-state index in [0.717, 1.165) is 49.0 Å². The highest BCUT2D eigenvalue weighted by molar-refractivity contribution is 5.90. The van der Waals surface area contributed by atoms with Crippen molar-refractivity contribution in [2.45, 2.75) is 57.2 Å². The molecule has 3 aromatic rings. The Morgan fingerprint density at radius 2 is 2.00 bits per heavy atom. The Kier molecular flexibility index (Phi) is 4.71. The Balaban J connectivity index is 1.27. The van der Waals surface area contributed by atoms with Crippen LogP contribution in [0.3, 0.4) is 0 Å². The molecule has 1 spiro atoms. The molecule has 1 aliphatic heterocycles. The second-order valence-electron chi connectivity index (χ2n) is 10.6. The van der Waals surface area contributed by atoms with Crippen LogP contribution >= 0.6 is 0 Å². The molecule has 6 rings (SSSR count). The van der Waals surface area contributed by atoms with Gasteiger partial charge in [0.05, 0.1) is 30.0 Å². The van der Waals surface area contributed by atoms with E-state index >= 15 is 0 Å². The number of hydrogen-bond acceptors (Lipinski definition) is 7. The highest BCUT2D eigenvalue weighted by Crippen LogP contribution is 2.53. The van der Waals surface area contributed by atoms with E-state index in [1.165, 1.54) is 6.20 Å². The van der Waals surface area contributed by atoms with Gasteiger partial charge >= 0.3 is 0 Å².